The largest absolute Gasteiger partial charge is 0.390 e. The van der Waals surface area contributed by atoms with Crippen molar-refractivity contribution in [1.29, 1.82) is 0 Å². The second kappa shape index (κ2) is 7.16. The van der Waals surface area contributed by atoms with Crippen molar-refractivity contribution in [3.63, 3.8) is 0 Å². The fourth-order valence-electron chi connectivity index (χ4n) is 4.49. The lowest BCUT2D eigenvalue weighted by Gasteiger charge is -2.26. The molecule has 28 heavy (non-hydrogen) atoms. The number of nitrogens with two attached hydrogens (primary N) is 1. The van der Waals surface area contributed by atoms with E-state index >= 15 is 0 Å². The predicted molar refractivity (Wildman–Crippen MR) is 107 cm³/mol. The number of hydrogen-bond acceptors (Lipinski definition) is 6. The van der Waals surface area contributed by atoms with Crippen molar-refractivity contribution in [1.82, 2.24) is 14.5 Å². The third-order valence-corrected chi connectivity index (χ3v) is 6.05. The topological polar surface area (TPSA) is 106 Å². The van der Waals surface area contributed by atoms with Gasteiger partial charge in [-0.05, 0) is 31.4 Å². The maximum atomic E-state index is 10.9. The Bertz CT molecular complexity index is 950. The smallest absolute Gasteiger partial charge is 0.145 e. The van der Waals surface area contributed by atoms with E-state index in [0.717, 1.165) is 11.0 Å². The van der Waals surface area contributed by atoms with E-state index in [9.17, 15) is 10.2 Å². The monoisotopic (exact) mass is 382 g/mol. The second-order valence-corrected chi connectivity index (χ2v) is 7.75. The number of aliphatic hydroxyl groups is 2. The average molecular weight is 382 g/mol. The van der Waals surface area contributed by atoms with Crippen LogP contribution in [0.15, 0.2) is 55.0 Å². The summed E-state index contributed by atoms with van der Waals surface area (Å²) >= 11 is 0. The molecule has 3 heterocycles. The molecule has 4 N–H and O–H groups in total. The molecule has 0 aromatic carbocycles. The van der Waals surface area contributed by atoms with Gasteiger partial charge in [0.1, 0.15) is 23.9 Å². The highest BCUT2D eigenvalue weighted by atomic mass is 16.5. The van der Waals surface area contributed by atoms with Crippen LogP contribution >= 0.6 is 0 Å². The Balaban J connectivity index is 1.58. The van der Waals surface area contributed by atoms with Crippen LogP contribution < -0.4 is 5.73 Å². The molecule has 1 saturated carbocycles. The van der Waals surface area contributed by atoms with Gasteiger partial charge in [-0.15, -0.1) is 0 Å². The fraction of sp³-hybridized carbons (Fsp3) is 0.429. The number of allylic oxidation sites excluding steroid dienone is 3. The molecule has 0 bridgehead atoms. The highest BCUT2D eigenvalue weighted by Gasteiger charge is 2.57. The van der Waals surface area contributed by atoms with Crippen molar-refractivity contribution in [2.24, 2.45) is 5.41 Å². The predicted octanol–water partition coefficient (Wildman–Crippen LogP) is 2.14. The van der Waals surface area contributed by atoms with Crippen LogP contribution in [0.1, 0.15) is 25.8 Å². The summed E-state index contributed by atoms with van der Waals surface area (Å²) in [5.74, 6) is 0.403. The molecule has 2 aliphatic rings. The minimum atomic E-state index is -0.916. The van der Waals surface area contributed by atoms with E-state index in [1.807, 2.05) is 48.1 Å². The molecular formula is C21H26N4O3. The van der Waals surface area contributed by atoms with Crippen LogP contribution in [0, 0.1) is 5.41 Å². The number of ether oxygens (including phenoxy) is 1. The van der Waals surface area contributed by atoms with E-state index < -0.39 is 17.6 Å². The van der Waals surface area contributed by atoms with Crippen LogP contribution in [0.25, 0.3) is 11.0 Å². The summed E-state index contributed by atoms with van der Waals surface area (Å²) in [6.45, 7) is 6.44. The number of aliphatic hydroxyl groups excluding tert-OH is 2. The Morgan fingerprint density at radius 3 is 2.96 bits per heavy atom. The highest BCUT2D eigenvalue weighted by molar-refractivity contribution is 5.86. The molecule has 1 spiro atoms. The lowest BCUT2D eigenvalue weighted by atomic mass is 9.80. The Morgan fingerprint density at radius 2 is 2.18 bits per heavy atom. The molecule has 2 aromatic heterocycles. The van der Waals surface area contributed by atoms with E-state index in [4.69, 9.17) is 10.5 Å². The number of fused-ring (bicyclic) bond motifs is 1. The number of nitrogens with zero attached hydrogens (tertiary/aromatic N) is 3. The number of anilines is 1. The Kier molecular flexibility index (Phi) is 4.82. The van der Waals surface area contributed by atoms with Crippen LogP contribution in [0.2, 0.25) is 0 Å². The summed E-state index contributed by atoms with van der Waals surface area (Å²) in [4.78, 5) is 8.34. The molecule has 1 saturated heterocycles. The zero-order valence-corrected chi connectivity index (χ0v) is 15.9. The minimum Gasteiger partial charge on any atom is -0.390 e. The van der Waals surface area contributed by atoms with Crippen LogP contribution in [0.3, 0.4) is 0 Å². The molecule has 7 heteroatoms. The second-order valence-electron chi connectivity index (χ2n) is 7.75. The molecule has 148 valence electrons. The standard InChI is InChI=1S/C21H26N4O3/c1-3-4-5-6-13(2)16-10-21(11-28-16)9-15(17(26)18(21)27)25-8-7-14-19(22)23-12-24-20(14)25/h3-8,12,15-18,26-27H,2,9-11H2,1H3,(H2,22,23,24)/b4-3-,6-5-/t15-,16-,17+,18+,21-/m1/s1. The van der Waals surface area contributed by atoms with Gasteiger partial charge in [0.25, 0.3) is 0 Å². The van der Waals surface area contributed by atoms with Gasteiger partial charge in [0.05, 0.1) is 30.2 Å². The van der Waals surface area contributed by atoms with Crippen LogP contribution in [-0.4, -0.2) is 49.7 Å². The Hall–Kier alpha value is -2.48. The molecule has 0 radical (unpaired) electrons. The Morgan fingerprint density at radius 1 is 1.36 bits per heavy atom. The Labute approximate surface area is 163 Å². The van der Waals surface area contributed by atoms with Crippen molar-refractivity contribution in [2.45, 2.75) is 44.1 Å². The van der Waals surface area contributed by atoms with E-state index in [1.54, 1.807) is 0 Å². The first-order valence-corrected chi connectivity index (χ1v) is 9.50. The lowest BCUT2D eigenvalue weighted by Crippen LogP contribution is -2.37. The van der Waals surface area contributed by atoms with Gasteiger partial charge in [0, 0.05) is 11.6 Å². The van der Waals surface area contributed by atoms with Crippen molar-refractivity contribution in [3.8, 4) is 0 Å². The fourth-order valence-corrected chi connectivity index (χ4v) is 4.49. The first kappa shape index (κ1) is 18.9. The third kappa shape index (κ3) is 2.96. The summed E-state index contributed by atoms with van der Waals surface area (Å²) in [7, 11) is 0. The summed E-state index contributed by atoms with van der Waals surface area (Å²) in [5, 5.41) is 22.5. The van der Waals surface area contributed by atoms with Crippen molar-refractivity contribution in [3.05, 3.63) is 55.0 Å². The normalized spacial score (nSPS) is 33.1. The van der Waals surface area contributed by atoms with Crippen LogP contribution in [0.5, 0.6) is 0 Å². The van der Waals surface area contributed by atoms with Gasteiger partial charge in [0.15, 0.2) is 0 Å². The van der Waals surface area contributed by atoms with Gasteiger partial charge in [-0.25, -0.2) is 9.97 Å². The van der Waals surface area contributed by atoms with Gasteiger partial charge in [-0.2, -0.15) is 0 Å². The van der Waals surface area contributed by atoms with Gasteiger partial charge < -0.3 is 25.3 Å². The summed E-state index contributed by atoms with van der Waals surface area (Å²) in [6.07, 6.45) is 10.2. The number of nitrogen functional groups attached to an aromatic ring is 1. The van der Waals surface area contributed by atoms with E-state index in [-0.39, 0.29) is 12.1 Å². The maximum absolute atomic E-state index is 10.9. The number of hydrogen-bond donors (Lipinski definition) is 3. The SMILES string of the molecule is C=C(/C=C\C=C/C)[C@H]1C[C@@]2(CO1)C[C@@H](n1ccc3c(N)ncnc31)[C@H](O)[C@@H]2O. The van der Waals surface area contributed by atoms with Crippen molar-refractivity contribution >= 4 is 16.9 Å². The molecule has 0 amide bonds. The van der Waals surface area contributed by atoms with E-state index in [2.05, 4.69) is 16.5 Å². The summed E-state index contributed by atoms with van der Waals surface area (Å²) < 4.78 is 7.87. The molecule has 0 unspecified atom stereocenters. The van der Waals surface area contributed by atoms with Crippen LogP contribution in [0.4, 0.5) is 5.82 Å². The number of aromatic nitrogens is 3. The van der Waals surface area contributed by atoms with Gasteiger partial charge in [-0.1, -0.05) is 30.9 Å². The molecule has 2 aromatic rings. The summed E-state index contributed by atoms with van der Waals surface area (Å²) in [6, 6.07) is 1.53. The molecule has 7 nitrogen and oxygen atoms in total. The summed E-state index contributed by atoms with van der Waals surface area (Å²) in [5.41, 5.74) is 6.95. The average Bonchev–Trinajstić information content (AvgIpc) is 3.36. The lowest BCUT2D eigenvalue weighted by molar-refractivity contribution is -0.0306. The van der Waals surface area contributed by atoms with Crippen LogP contribution in [-0.2, 0) is 4.74 Å². The molecular weight excluding hydrogens is 356 g/mol. The number of rotatable bonds is 4. The van der Waals surface area contributed by atoms with E-state index in [1.165, 1.54) is 6.33 Å². The third-order valence-electron chi connectivity index (χ3n) is 6.05. The minimum absolute atomic E-state index is 0.165. The zero-order chi connectivity index (χ0) is 19.9. The zero-order valence-electron chi connectivity index (χ0n) is 15.9. The molecule has 4 rings (SSSR count). The quantitative estimate of drug-likeness (QED) is 0.700. The molecule has 5 atom stereocenters. The van der Waals surface area contributed by atoms with Gasteiger partial charge in [-0.3, -0.25) is 0 Å². The van der Waals surface area contributed by atoms with E-state index in [0.29, 0.717) is 30.9 Å². The van der Waals surface area contributed by atoms with Gasteiger partial charge in [0.2, 0.25) is 0 Å². The highest BCUT2D eigenvalue weighted by Crippen LogP contribution is 2.52. The van der Waals surface area contributed by atoms with Crippen molar-refractivity contribution < 1.29 is 14.9 Å². The van der Waals surface area contributed by atoms with Crippen molar-refractivity contribution in [2.75, 3.05) is 12.3 Å². The first-order chi connectivity index (χ1) is 13.5. The molecule has 1 aliphatic heterocycles. The maximum Gasteiger partial charge on any atom is 0.145 e. The molecule has 2 fully saturated rings. The first-order valence-electron chi connectivity index (χ1n) is 9.50. The molecule has 1 aliphatic carbocycles. The van der Waals surface area contributed by atoms with Gasteiger partial charge >= 0.3 is 0 Å².